The third kappa shape index (κ3) is 4.48. The fourth-order valence-electron chi connectivity index (χ4n) is 10.5. The van der Waals surface area contributed by atoms with E-state index in [1.807, 2.05) is 0 Å². The minimum Gasteiger partial charge on any atom is -0.0642 e. The Morgan fingerprint density at radius 3 is 1.15 bits per heavy atom. The first-order valence-electron chi connectivity index (χ1n) is 19.7. The Kier molecular flexibility index (Phi) is 6.78. The Bertz CT molecular complexity index is 2790. The summed E-state index contributed by atoms with van der Waals surface area (Å²) in [7, 11) is 0. The lowest BCUT2D eigenvalue weighted by molar-refractivity contribution is 0.489. The number of hydrogen-bond acceptors (Lipinski definition) is 0. The molecular weight excluding hydrogens is 637 g/mol. The first-order valence-corrected chi connectivity index (χ1v) is 19.7. The lowest BCUT2D eigenvalue weighted by Gasteiger charge is -2.30. The standard InChI is InChI=1S/C53H42/c1-3-53(4-2)47-31-33(11-15-35-17-19-41-23-21-37-7-5-9-39-25-29-43(35)51(41)49(37)39)13-27-45(47)46-28-14-34(32-48(46)53)12-16-36-18-20-42-24-22-38-8-6-10-40-26-30-44(36)52(42)50(38)40/h5-10,13-14,17-32H,3-4,11-12,15-16H2,1-2H3. The van der Waals surface area contributed by atoms with Gasteiger partial charge in [-0.3, -0.25) is 0 Å². The average molecular weight is 679 g/mol. The van der Waals surface area contributed by atoms with Gasteiger partial charge in [0.1, 0.15) is 0 Å². The molecule has 0 heterocycles. The first-order chi connectivity index (χ1) is 26.1. The Hall–Kier alpha value is -5.72. The van der Waals surface area contributed by atoms with Crippen LogP contribution in [-0.4, -0.2) is 0 Å². The minimum atomic E-state index is 0.0523. The molecule has 11 rings (SSSR count). The summed E-state index contributed by atoms with van der Waals surface area (Å²) in [6.07, 6.45) is 6.39. The highest BCUT2D eigenvalue weighted by Gasteiger charge is 2.40. The van der Waals surface area contributed by atoms with Gasteiger partial charge in [-0.1, -0.05) is 159 Å². The van der Waals surface area contributed by atoms with Gasteiger partial charge in [0.05, 0.1) is 0 Å². The molecule has 1 aliphatic rings. The molecule has 0 atom stereocenters. The van der Waals surface area contributed by atoms with Crippen molar-refractivity contribution >= 4 is 64.6 Å². The zero-order valence-corrected chi connectivity index (χ0v) is 30.6. The van der Waals surface area contributed by atoms with Gasteiger partial charge in [-0.05, 0) is 148 Å². The van der Waals surface area contributed by atoms with Crippen LogP contribution >= 0.6 is 0 Å². The number of rotatable bonds is 8. The van der Waals surface area contributed by atoms with Crippen LogP contribution in [0.1, 0.15) is 60.1 Å². The molecule has 0 amide bonds. The van der Waals surface area contributed by atoms with Crippen molar-refractivity contribution < 1.29 is 0 Å². The Balaban J connectivity index is 0.899. The topological polar surface area (TPSA) is 0 Å². The molecule has 10 aromatic carbocycles. The Morgan fingerprint density at radius 2 is 0.736 bits per heavy atom. The van der Waals surface area contributed by atoms with Crippen LogP contribution < -0.4 is 0 Å². The predicted molar refractivity (Wildman–Crippen MR) is 228 cm³/mol. The van der Waals surface area contributed by atoms with Crippen molar-refractivity contribution in [2.24, 2.45) is 0 Å². The second kappa shape index (κ2) is 11.6. The molecule has 0 bridgehead atoms. The van der Waals surface area contributed by atoms with Crippen molar-refractivity contribution in [2.75, 3.05) is 0 Å². The summed E-state index contributed by atoms with van der Waals surface area (Å²) in [5, 5.41) is 16.5. The van der Waals surface area contributed by atoms with E-state index in [2.05, 4.69) is 159 Å². The quantitative estimate of drug-likeness (QED) is 0.140. The molecule has 0 aromatic heterocycles. The molecule has 0 saturated carbocycles. The fraction of sp³-hybridized carbons (Fsp3) is 0.170. The smallest absolute Gasteiger partial charge is 0.0210 e. The van der Waals surface area contributed by atoms with Crippen molar-refractivity contribution in [3.63, 3.8) is 0 Å². The molecule has 0 nitrogen and oxygen atoms in total. The van der Waals surface area contributed by atoms with E-state index in [4.69, 9.17) is 0 Å². The van der Waals surface area contributed by atoms with E-state index in [9.17, 15) is 0 Å². The molecule has 0 fully saturated rings. The van der Waals surface area contributed by atoms with Gasteiger partial charge < -0.3 is 0 Å². The number of hydrogen-bond donors (Lipinski definition) is 0. The number of fused-ring (bicyclic) bond motifs is 3. The van der Waals surface area contributed by atoms with Gasteiger partial charge in [-0.2, -0.15) is 0 Å². The second-order valence-electron chi connectivity index (χ2n) is 15.7. The van der Waals surface area contributed by atoms with E-state index in [0.717, 1.165) is 38.5 Å². The van der Waals surface area contributed by atoms with E-state index < -0.39 is 0 Å². The maximum atomic E-state index is 2.57. The van der Waals surface area contributed by atoms with Crippen LogP contribution in [0.15, 0.2) is 146 Å². The van der Waals surface area contributed by atoms with E-state index in [1.165, 1.54) is 109 Å². The van der Waals surface area contributed by atoms with Crippen LogP contribution in [0.3, 0.4) is 0 Å². The highest BCUT2D eigenvalue weighted by atomic mass is 14.4. The molecule has 254 valence electrons. The van der Waals surface area contributed by atoms with Crippen molar-refractivity contribution in [3.8, 4) is 11.1 Å². The van der Waals surface area contributed by atoms with Crippen molar-refractivity contribution in [1.82, 2.24) is 0 Å². The highest BCUT2D eigenvalue weighted by Crippen LogP contribution is 2.53. The van der Waals surface area contributed by atoms with Crippen LogP contribution in [-0.2, 0) is 31.1 Å². The molecule has 0 aliphatic heterocycles. The van der Waals surface area contributed by atoms with E-state index in [0.29, 0.717) is 0 Å². The maximum Gasteiger partial charge on any atom is 0.0210 e. The molecule has 0 unspecified atom stereocenters. The molecule has 10 aromatic rings. The van der Waals surface area contributed by atoms with Gasteiger partial charge in [0.25, 0.3) is 0 Å². The normalized spacial score (nSPS) is 13.7. The van der Waals surface area contributed by atoms with Crippen molar-refractivity contribution in [2.45, 2.75) is 57.8 Å². The highest BCUT2D eigenvalue weighted by molar-refractivity contribution is 6.24. The summed E-state index contributed by atoms with van der Waals surface area (Å²) in [5.74, 6) is 0. The molecule has 0 radical (unpaired) electrons. The zero-order valence-electron chi connectivity index (χ0n) is 30.6. The largest absolute Gasteiger partial charge is 0.0642 e. The second-order valence-corrected chi connectivity index (χ2v) is 15.7. The summed E-state index contributed by atoms with van der Waals surface area (Å²) in [6.45, 7) is 4.80. The molecule has 0 spiro atoms. The average Bonchev–Trinajstić information content (AvgIpc) is 3.49. The summed E-state index contributed by atoms with van der Waals surface area (Å²) in [4.78, 5) is 0. The summed E-state index contributed by atoms with van der Waals surface area (Å²) >= 11 is 0. The van der Waals surface area contributed by atoms with Gasteiger partial charge in [-0.25, -0.2) is 0 Å². The lowest BCUT2D eigenvalue weighted by Crippen LogP contribution is -2.23. The number of benzene rings is 10. The van der Waals surface area contributed by atoms with Gasteiger partial charge in [-0.15, -0.1) is 0 Å². The summed E-state index contributed by atoms with van der Waals surface area (Å²) in [6, 6.07) is 56.1. The van der Waals surface area contributed by atoms with Gasteiger partial charge in [0, 0.05) is 5.41 Å². The molecule has 0 saturated heterocycles. The lowest BCUT2D eigenvalue weighted by atomic mass is 9.73. The van der Waals surface area contributed by atoms with Gasteiger partial charge >= 0.3 is 0 Å². The Labute approximate surface area is 311 Å². The third-order valence-electron chi connectivity index (χ3n) is 13.3. The molecule has 0 heteroatoms. The van der Waals surface area contributed by atoms with Crippen LogP contribution in [0.2, 0.25) is 0 Å². The third-order valence-corrected chi connectivity index (χ3v) is 13.3. The van der Waals surface area contributed by atoms with Crippen molar-refractivity contribution in [3.05, 3.63) is 179 Å². The predicted octanol–water partition coefficient (Wildman–Crippen LogP) is 14.1. The monoisotopic (exact) mass is 678 g/mol. The van der Waals surface area contributed by atoms with Crippen LogP contribution in [0, 0.1) is 0 Å². The SMILES string of the molecule is CCC1(CC)c2cc(CCc3ccc4ccc5cccc6ccc3c4c56)ccc2-c2ccc(CCc3ccc4ccc5cccc6ccc3c4c56)cc21. The Morgan fingerprint density at radius 1 is 0.358 bits per heavy atom. The summed E-state index contributed by atoms with van der Waals surface area (Å²) < 4.78 is 0. The van der Waals surface area contributed by atoms with Gasteiger partial charge in [0.15, 0.2) is 0 Å². The van der Waals surface area contributed by atoms with Crippen molar-refractivity contribution in [1.29, 1.82) is 0 Å². The van der Waals surface area contributed by atoms with E-state index in [-0.39, 0.29) is 5.41 Å². The van der Waals surface area contributed by atoms with E-state index >= 15 is 0 Å². The molecular formula is C53H42. The fourth-order valence-corrected chi connectivity index (χ4v) is 10.5. The maximum absolute atomic E-state index is 2.57. The number of aryl methyl sites for hydroxylation is 4. The zero-order chi connectivity index (χ0) is 35.3. The molecule has 0 N–H and O–H groups in total. The van der Waals surface area contributed by atoms with Crippen LogP contribution in [0.5, 0.6) is 0 Å². The van der Waals surface area contributed by atoms with Crippen LogP contribution in [0.25, 0.3) is 75.8 Å². The van der Waals surface area contributed by atoms with Gasteiger partial charge in [0.2, 0.25) is 0 Å². The molecule has 1 aliphatic carbocycles. The summed E-state index contributed by atoms with van der Waals surface area (Å²) in [5.41, 5.74) is 11.8. The first kappa shape index (κ1) is 30.9. The van der Waals surface area contributed by atoms with E-state index in [1.54, 1.807) is 0 Å². The minimum absolute atomic E-state index is 0.0523. The molecule has 53 heavy (non-hydrogen) atoms. The van der Waals surface area contributed by atoms with Crippen LogP contribution in [0.4, 0.5) is 0 Å².